The van der Waals surface area contributed by atoms with Crippen LogP contribution < -0.4 is 10.1 Å². The molecule has 0 spiro atoms. The van der Waals surface area contributed by atoms with Gasteiger partial charge in [0.25, 0.3) is 0 Å². The van der Waals surface area contributed by atoms with Gasteiger partial charge in [0, 0.05) is 17.3 Å². The van der Waals surface area contributed by atoms with Crippen LogP contribution in [0.15, 0.2) is 54.7 Å². The van der Waals surface area contributed by atoms with Crippen molar-refractivity contribution in [1.29, 1.82) is 0 Å². The van der Waals surface area contributed by atoms with Crippen LogP contribution in [-0.4, -0.2) is 12.1 Å². The molecule has 0 amide bonds. The van der Waals surface area contributed by atoms with Crippen LogP contribution in [0.1, 0.15) is 0 Å². The molecule has 0 bridgehead atoms. The molecule has 4 heteroatoms. The van der Waals surface area contributed by atoms with Crippen LogP contribution in [0.4, 0.5) is 11.4 Å². The number of aromatic nitrogens is 1. The van der Waals surface area contributed by atoms with Crippen LogP contribution in [0.5, 0.6) is 5.75 Å². The maximum absolute atomic E-state index is 6.19. The first-order valence-electron chi connectivity index (χ1n) is 6.22. The minimum Gasteiger partial charge on any atom is -0.497 e. The molecule has 1 N–H and O–H groups in total. The monoisotopic (exact) mass is 284 g/mol. The van der Waals surface area contributed by atoms with Crippen molar-refractivity contribution in [2.75, 3.05) is 12.4 Å². The van der Waals surface area contributed by atoms with Crippen LogP contribution in [0.3, 0.4) is 0 Å². The second kappa shape index (κ2) is 5.39. The van der Waals surface area contributed by atoms with Gasteiger partial charge in [-0.1, -0.05) is 11.6 Å². The molecule has 0 fully saturated rings. The average Bonchev–Trinajstić information content (AvgIpc) is 2.51. The fraction of sp³-hybridized carbons (Fsp3) is 0.0625. The second-order valence-electron chi connectivity index (χ2n) is 4.35. The standard InChI is InChI=1S/C16H13ClN2O/c1-20-12-6-4-11(5-7-12)19-15-9-8-14(17)13-3-2-10-18-16(13)15/h2-10,19H,1H3. The van der Waals surface area contributed by atoms with Crippen molar-refractivity contribution in [2.45, 2.75) is 0 Å². The van der Waals surface area contributed by atoms with Crippen molar-refractivity contribution in [2.24, 2.45) is 0 Å². The van der Waals surface area contributed by atoms with Gasteiger partial charge in [-0.15, -0.1) is 0 Å². The van der Waals surface area contributed by atoms with Crippen molar-refractivity contribution >= 4 is 33.9 Å². The molecule has 100 valence electrons. The predicted molar refractivity (Wildman–Crippen MR) is 83.0 cm³/mol. The molecular weight excluding hydrogens is 272 g/mol. The number of rotatable bonds is 3. The average molecular weight is 285 g/mol. The van der Waals surface area contributed by atoms with Crippen LogP contribution in [0.2, 0.25) is 5.02 Å². The Morgan fingerprint density at radius 3 is 2.60 bits per heavy atom. The Kier molecular flexibility index (Phi) is 3.44. The zero-order valence-electron chi connectivity index (χ0n) is 10.9. The fourth-order valence-electron chi connectivity index (χ4n) is 2.07. The third-order valence-corrected chi connectivity index (χ3v) is 3.42. The summed E-state index contributed by atoms with van der Waals surface area (Å²) in [6, 6.07) is 15.4. The lowest BCUT2D eigenvalue weighted by Crippen LogP contribution is -1.93. The van der Waals surface area contributed by atoms with E-state index in [1.54, 1.807) is 13.3 Å². The fourth-order valence-corrected chi connectivity index (χ4v) is 2.28. The topological polar surface area (TPSA) is 34.1 Å². The normalized spacial score (nSPS) is 10.5. The molecule has 0 aliphatic heterocycles. The molecule has 0 radical (unpaired) electrons. The Hall–Kier alpha value is -2.26. The number of halogens is 1. The van der Waals surface area contributed by atoms with Gasteiger partial charge in [-0.3, -0.25) is 4.98 Å². The first kappa shape index (κ1) is 12.8. The van der Waals surface area contributed by atoms with E-state index in [4.69, 9.17) is 16.3 Å². The van der Waals surface area contributed by atoms with Crippen LogP contribution in [0.25, 0.3) is 10.9 Å². The zero-order valence-corrected chi connectivity index (χ0v) is 11.7. The van der Waals surface area contributed by atoms with Crippen molar-refractivity contribution < 1.29 is 4.74 Å². The number of hydrogen-bond donors (Lipinski definition) is 1. The van der Waals surface area contributed by atoms with Gasteiger partial charge in [0.1, 0.15) is 5.75 Å². The largest absolute Gasteiger partial charge is 0.497 e. The first-order chi connectivity index (χ1) is 9.78. The summed E-state index contributed by atoms with van der Waals surface area (Å²) < 4.78 is 5.15. The van der Waals surface area contributed by atoms with Crippen LogP contribution >= 0.6 is 11.6 Å². The molecule has 0 aliphatic carbocycles. The number of pyridine rings is 1. The van der Waals surface area contributed by atoms with Gasteiger partial charge in [0.2, 0.25) is 0 Å². The molecule has 2 aromatic carbocycles. The highest BCUT2D eigenvalue weighted by atomic mass is 35.5. The zero-order chi connectivity index (χ0) is 13.9. The van der Waals surface area contributed by atoms with Crippen molar-refractivity contribution in [1.82, 2.24) is 4.98 Å². The van der Waals surface area contributed by atoms with Crippen molar-refractivity contribution in [3.8, 4) is 5.75 Å². The molecule has 3 nitrogen and oxygen atoms in total. The highest BCUT2D eigenvalue weighted by Gasteiger charge is 2.05. The second-order valence-corrected chi connectivity index (χ2v) is 4.76. The van der Waals surface area contributed by atoms with Crippen LogP contribution in [-0.2, 0) is 0 Å². The summed E-state index contributed by atoms with van der Waals surface area (Å²) in [5.41, 5.74) is 2.76. The Morgan fingerprint density at radius 1 is 1.05 bits per heavy atom. The van der Waals surface area contributed by atoms with E-state index in [1.807, 2.05) is 48.5 Å². The van der Waals surface area contributed by atoms with Gasteiger partial charge < -0.3 is 10.1 Å². The molecule has 0 aliphatic rings. The summed E-state index contributed by atoms with van der Waals surface area (Å²) in [5.74, 6) is 0.828. The number of anilines is 2. The van der Waals surface area contributed by atoms with Gasteiger partial charge in [0.15, 0.2) is 0 Å². The quantitative estimate of drug-likeness (QED) is 0.761. The van der Waals surface area contributed by atoms with E-state index in [1.165, 1.54) is 0 Å². The molecule has 1 heterocycles. The Labute approximate surface area is 122 Å². The highest BCUT2D eigenvalue weighted by Crippen LogP contribution is 2.30. The lowest BCUT2D eigenvalue weighted by Gasteiger charge is -2.10. The van der Waals surface area contributed by atoms with Crippen LogP contribution in [0, 0.1) is 0 Å². The van der Waals surface area contributed by atoms with E-state index in [0.29, 0.717) is 5.02 Å². The minimum atomic E-state index is 0.702. The Bertz CT molecular complexity index is 741. The smallest absolute Gasteiger partial charge is 0.119 e. The highest BCUT2D eigenvalue weighted by molar-refractivity contribution is 6.35. The number of benzene rings is 2. The third-order valence-electron chi connectivity index (χ3n) is 3.09. The SMILES string of the molecule is COc1ccc(Nc2ccc(Cl)c3cccnc23)cc1. The third kappa shape index (κ3) is 2.40. The summed E-state index contributed by atoms with van der Waals surface area (Å²) in [5, 5.41) is 4.99. The summed E-state index contributed by atoms with van der Waals surface area (Å²) in [4.78, 5) is 4.40. The lowest BCUT2D eigenvalue weighted by molar-refractivity contribution is 0.415. The maximum atomic E-state index is 6.19. The molecule has 0 saturated heterocycles. The molecule has 1 aromatic heterocycles. The van der Waals surface area contributed by atoms with E-state index in [-0.39, 0.29) is 0 Å². The summed E-state index contributed by atoms with van der Waals surface area (Å²) >= 11 is 6.19. The van der Waals surface area contributed by atoms with Gasteiger partial charge in [-0.05, 0) is 48.5 Å². The molecule has 0 unspecified atom stereocenters. The lowest BCUT2D eigenvalue weighted by atomic mass is 10.2. The van der Waals surface area contributed by atoms with E-state index < -0.39 is 0 Å². The molecule has 3 aromatic rings. The van der Waals surface area contributed by atoms with Gasteiger partial charge in [0.05, 0.1) is 23.3 Å². The maximum Gasteiger partial charge on any atom is 0.119 e. The number of nitrogens with zero attached hydrogens (tertiary/aromatic N) is 1. The molecule has 3 rings (SSSR count). The minimum absolute atomic E-state index is 0.702. The van der Waals surface area contributed by atoms with Crippen molar-refractivity contribution in [3.63, 3.8) is 0 Å². The van der Waals surface area contributed by atoms with E-state index in [2.05, 4.69) is 10.3 Å². The van der Waals surface area contributed by atoms with Gasteiger partial charge in [-0.2, -0.15) is 0 Å². The van der Waals surface area contributed by atoms with Crippen molar-refractivity contribution in [3.05, 3.63) is 59.8 Å². The number of methoxy groups -OCH3 is 1. The molecule has 20 heavy (non-hydrogen) atoms. The van der Waals surface area contributed by atoms with E-state index in [9.17, 15) is 0 Å². The van der Waals surface area contributed by atoms with Gasteiger partial charge >= 0.3 is 0 Å². The van der Waals surface area contributed by atoms with E-state index >= 15 is 0 Å². The summed E-state index contributed by atoms with van der Waals surface area (Å²) in [7, 11) is 1.65. The number of fused-ring (bicyclic) bond motifs is 1. The molecule has 0 atom stereocenters. The summed E-state index contributed by atoms with van der Waals surface area (Å²) in [6.45, 7) is 0. The van der Waals surface area contributed by atoms with Gasteiger partial charge in [-0.25, -0.2) is 0 Å². The summed E-state index contributed by atoms with van der Waals surface area (Å²) in [6.07, 6.45) is 1.76. The number of nitrogens with one attached hydrogen (secondary N) is 1. The predicted octanol–water partition coefficient (Wildman–Crippen LogP) is 4.64. The number of hydrogen-bond acceptors (Lipinski definition) is 3. The first-order valence-corrected chi connectivity index (χ1v) is 6.60. The molecule has 0 saturated carbocycles. The van der Waals surface area contributed by atoms with E-state index in [0.717, 1.165) is 28.0 Å². The number of ether oxygens (including phenoxy) is 1. The Morgan fingerprint density at radius 2 is 1.85 bits per heavy atom. The Balaban J connectivity index is 2.00. The molecular formula is C16H13ClN2O.